The van der Waals surface area contributed by atoms with Crippen molar-refractivity contribution in [1.29, 1.82) is 0 Å². The van der Waals surface area contributed by atoms with Crippen molar-refractivity contribution >= 4 is 5.91 Å². The third kappa shape index (κ3) is 7.01. The quantitative estimate of drug-likeness (QED) is 0.417. The van der Waals surface area contributed by atoms with E-state index in [1.807, 2.05) is 42.5 Å². The van der Waals surface area contributed by atoms with E-state index in [0.29, 0.717) is 18.8 Å². The van der Waals surface area contributed by atoms with Crippen LogP contribution in [0.15, 0.2) is 66.7 Å². The average molecular weight is 489 g/mol. The number of nitrogens with zero attached hydrogens (tertiary/aromatic N) is 2. The Labute approximate surface area is 214 Å². The SMILES string of the molecule is CN(C)C(=O)c1ccc(CN(Cc2cccc(OC(C)(C)C)c2)Cc2ccc3c(c2)OCCO3)cc1. The maximum Gasteiger partial charge on any atom is 0.253 e. The lowest BCUT2D eigenvalue weighted by Crippen LogP contribution is -2.24. The van der Waals surface area contributed by atoms with E-state index in [9.17, 15) is 4.79 Å². The number of benzene rings is 3. The Hall–Kier alpha value is -3.51. The summed E-state index contributed by atoms with van der Waals surface area (Å²) in [5.41, 5.74) is 3.91. The Morgan fingerprint density at radius 2 is 1.42 bits per heavy atom. The van der Waals surface area contributed by atoms with Crippen molar-refractivity contribution < 1.29 is 19.0 Å². The van der Waals surface area contributed by atoms with Gasteiger partial charge in [-0.2, -0.15) is 0 Å². The Morgan fingerprint density at radius 3 is 2.08 bits per heavy atom. The van der Waals surface area contributed by atoms with Crippen molar-refractivity contribution in [1.82, 2.24) is 9.80 Å². The Bertz CT molecular complexity index is 1180. The molecule has 0 radical (unpaired) electrons. The maximum atomic E-state index is 12.3. The molecule has 4 rings (SSSR count). The molecule has 190 valence electrons. The fraction of sp³-hybridized carbons (Fsp3) is 0.367. The van der Waals surface area contributed by atoms with Gasteiger partial charge in [0.05, 0.1) is 0 Å². The highest BCUT2D eigenvalue weighted by Gasteiger charge is 2.16. The van der Waals surface area contributed by atoms with Crippen LogP contribution in [0.5, 0.6) is 17.2 Å². The second-order valence-corrected chi connectivity index (χ2v) is 10.4. The number of hydrogen-bond donors (Lipinski definition) is 0. The molecule has 0 aliphatic carbocycles. The molecule has 3 aromatic carbocycles. The van der Waals surface area contributed by atoms with Gasteiger partial charge in [-0.3, -0.25) is 9.69 Å². The molecule has 1 amide bonds. The lowest BCUT2D eigenvalue weighted by atomic mass is 10.1. The van der Waals surface area contributed by atoms with Crippen molar-refractivity contribution in [2.45, 2.75) is 46.0 Å². The Morgan fingerprint density at radius 1 is 0.806 bits per heavy atom. The Balaban J connectivity index is 1.55. The molecule has 36 heavy (non-hydrogen) atoms. The predicted octanol–water partition coefficient (Wildman–Crippen LogP) is 5.54. The van der Waals surface area contributed by atoms with E-state index in [2.05, 4.69) is 49.9 Å². The van der Waals surface area contributed by atoms with Crippen LogP contribution in [0, 0.1) is 0 Å². The Kier molecular flexibility index (Phi) is 7.85. The zero-order valence-corrected chi connectivity index (χ0v) is 21.9. The van der Waals surface area contributed by atoms with Crippen LogP contribution >= 0.6 is 0 Å². The normalized spacial score (nSPS) is 12.9. The smallest absolute Gasteiger partial charge is 0.253 e. The lowest BCUT2D eigenvalue weighted by molar-refractivity contribution is 0.0827. The predicted molar refractivity (Wildman–Crippen MR) is 142 cm³/mol. The molecule has 0 fully saturated rings. The summed E-state index contributed by atoms with van der Waals surface area (Å²) < 4.78 is 17.6. The third-order valence-corrected chi connectivity index (χ3v) is 5.75. The van der Waals surface area contributed by atoms with Crippen molar-refractivity contribution in [2.24, 2.45) is 0 Å². The first-order chi connectivity index (χ1) is 17.2. The standard InChI is InChI=1S/C30H36N2O4/c1-30(2,3)36-26-8-6-7-23(17-26)20-32(19-22-9-12-25(13-10-22)29(33)31(4)5)21-24-11-14-27-28(18-24)35-16-15-34-27/h6-14,17-18H,15-16,19-21H2,1-5H3. The van der Waals surface area contributed by atoms with Crippen LogP contribution in [-0.2, 0) is 19.6 Å². The van der Waals surface area contributed by atoms with Crippen LogP contribution in [0.4, 0.5) is 0 Å². The highest BCUT2D eigenvalue weighted by Crippen LogP contribution is 2.31. The number of hydrogen-bond acceptors (Lipinski definition) is 5. The maximum absolute atomic E-state index is 12.3. The monoisotopic (exact) mass is 488 g/mol. The second kappa shape index (κ2) is 11.0. The average Bonchev–Trinajstić information content (AvgIpc) is 2.83. The molecular weight excluding hydrogens is 452 g/mol. The van der Waals surface area contributed by atoms with Gasteiger partial charge in [0.25, 0.3) is 5.91 Å². The molecule has 1 heterocycles. The van der Waals surface area contributed by atoms with Gasteiger partial charge in [0, 0.05) is 39.3 Å². The summed E-state index contributed by atoms with van der Waals surface area (Å²) in [7, 11) is 3.53. The minimum Gasteiger partial charge on any atom is -0.488 e. The van der Waals surface area contributed by atoms with Gasteiger partial charge in [0.1, 0.15) is 24.6 Å². The highest BCUT2D eigenvalue weighted by molar-refractivity contribution is 5.93. The van der Waals surface area contributed by atoms with E-state index in [1.54, 1.807) is 19.0 Å². The molecule has 0 saturated carbocycles. The number of ether oxygens (including phenoxy) is 3. The number of amides is 1. The van der Waals surface area contributed by atoms with Crippen LogP contribution in [0.2, 0.25) is 0 Å². The summed E-state index contributed by atoms with van der Waals surface area (Å²) in [4.78, 5) is 16.3. The fourth-order valence-electron chi connectivity index (χ4n) is 4.20. The van der Waals surface area contributed by atoms with Crippen LogP contribution in [0.25, 0.3) is 0 Å². The molecule has 1 aliphatic heterocycles. The van der Waals surface area contributed by atoms with Crippen molar-refractivity contribution in [3.63, 3.8) is 0 Å². The van der Waals surface area contributed by atoms with Crippen LogP contribution in [0.3, 0.4) is 0 Å². The minimum atomic E-state index is -0.255. The van der Waals surface area contributed by atoms with E-state index >= 15 is 0 Å². The van der Waals surface area contributed by atoms with Gasteiger partial charge in [-0.05, 0) is 73.9 Å². The summed E-state index contributed by atoms with van der Waals surface area (Å²) in [5, 5.41) is 0. The molecule has 0 atom stereocenters. The topological polar surface area (TPSA) is 51.2 Å². The first-order valence-electron chi connectivity index (χ1n) is 12.4. The van der Waals surface area contributed by atoms with E-state index in [4.69, 9.17) is 14.2 Å². The molecule has 0 N–H and O–H groups in total. The van der Waals surface area contributed by atoms with Gasteiger partial charge in [-0.25, -0.2) is 0 Å². The molecule has 0 spiro atoms. The summed E-state index contributed by atoms with van der Waals surface area (Å²) in [6.45, 7) is 9.52. The number of carbonyl (C=O) groups is 1. The molecule has 0 unspecified atom stereocenters. The van der Waals surface area contributed by atoms with Crippen molar-refractivity contribution in [2.75, 3.05) is 27.3 Å². The molecule has 0 aromatic heterocycles. The molecular formula is C30H36N2O4. The van der Waals surface area contributed by atoms with Crippen molar-refractivity contribution in [3.05, 3.63) is 89.0 Å². The van der Waals surface area contributed by atoms with Crippen LogP contribution < -0.4 is 14.2 Å². The van der Waals surface area contributed by atoms with E-state index in [0.717, 1.165) is 48.0 Å². The summed E-state index contributed by atoms with van der Waals surface area (Å²) in [6.07, 6.45) is 0. The summed E-state index contributed by atoms with van der Waals surface area (Å²) in [6, 6.07) is 22.3. The van der Waals surface area contributed by atoms with E-state index in [-0.39, 0.29) is 11.5 Å². The van der Waals surface area contributed by atoms with E-state index < -0.39 is 0 Å². The van der Waals surface area contributed by atoms with Gasteiger partial charge in [-0.1, -0.05) is 30.3 Å². The minimum absolute atomic E-state index is 0.00495. The van der Waals surface area contributed by atoms with Gasteiger partial charge < -0.3 is 19.1 Å². The molecule has 0 bridgehead atoms. The largest absolute Gasteiger partial charge is 0.488 e. The molecule has 3 aromatic rings. The first-order valence-corrected chi connectivity index (χ1v) is 12.4. The first kappa shape index (κ1) is 25.6. The van der Waals surface area contributed by atoms with Gasteiger partial charge >= 0.3 is 0 Å². The summed E-state index contributed by atoms with van der Waals surface area (Å²) in [5.74, 6) is 2.46. The molecule has 1 aliphatic rings. The number of carbonyl (C=O) groups excluding carboxylic acids is 1. The van der Waals surface area contributed by atoms with Gasteiger partial charge in [0.15, 0.2) is 11.5 Å². The second-order valence-electron chi connectivity index (χ2n) is 10.4. The van der Waals surface area contributed by atoms with Crippen LogP contribution in [-0.4, -0.2) is 48.6 Å². The zero-order valence-electron chi connectivity index (χ0n) is 21.9. The summed E-state index contributed by atoms with van der Waals surface area (Å²) >= 11 is 0. The third-order valence-electron chi connectivity index (χ3n) is 5.75. The highest BCUT2D eigenvalue weighted by atomic mass is 16.6. The molecule has 6 nitrogen and oxygen atoms in total. The lowest BCUT2D eigenvalue weighted by Gasteiger charge is -2.25. The van der Waals surface area contributed by atoms with E-state index in [1.165, 1.54) is 5.56 Å². The number of rotatable bonds is 8. The zero-order chi connectivity index (χ0) is 25.7. The van der Waals surface area contributed by atoms with Gasteiger partial charge in [0.2, 0.25) is 0 Å². The van der Waals surface area contributed by atoms with Crippen molar-refractivity contribution in [3.8, 4) is 17.2 Å². The number of fused-ring (bicyclic) bond motifs is 1. The molecule has 0 saturated heterocycles. The van der Waals surface area contributed by atoms with Crippen LogP contribution in [0.1, 0.15) is 47.8 Å². The molecule has 6 heteroatoms. The fourth-order valence-corrected chi connectivity index (χ4v) is 4.20. The van der Waals surface area contributed by atoms with Gasteiger partial charge in [-0.15, -0.1) is 0 Å².